The van der Waals surface area contributed by atoms with Crippen molar-refractivity contribution in [2.75, 3.05) is 20.2 Å². The average molecular weight is 428 g/mol. The Morgan fingerprint density at radius 1 is 1.35 bits per heavy atom. The number of aliphatic hydroxyl groups excluding tert-OH is 1. The summed E-state index contributed by atoms with van der Waals surface area (Å²) in [5.74, 6) is -0.102. The maximum atomic E-state index is 14.3. The number of nitrogens with one attached hydrogen (secondary N) is 2. The lowest BCUT2D eigenvalue weighted by atomic mass is 9.90. The predicted octanol–water partition coefficient (Wildman–Crippen LogP) is 1.90. The highest BCUT2D eigenvalue weighted by molar-refractivity contribution is 5.97. The first-order chi connectivity index (χ1) is 15.0. The van der Waals surface area contributed by atoms with Crippen molar-refractivity contribution in [3.63, 3.8) is 0 Å². The van der Waals surface area contributed by atoms with Crippen LogP contribution in [-0.2, 0) is 11.2 Å². The largest absolute Gasteiger partial charge is 0.508 e. The summed E-state index contributed by atoms with van der Waals surface area (Å²) >= 11 is 0. The lowest BCUT2D eigenvalue weighted by molar-refractivity contribution is -0.117. The quantitative estimate of drug-likeness (QED) is 0.477. The van der Waals surface area contributed by atoms with E-state index in [-0.39, 0.29) is 31.1 Å². The molecule has 3 rings (SSSR count). The van der Waals surface area contributed by atoms with E-state index in [1.807, 2.05) is 0 Å². The molecule has 1 aliphatic rings. The van der Waals surface area contributed by atoms with Crippen molar-refractivity contribution >= 4 is 11.8 Å². The van der Waals surface area contributed by atoms with E-state index in [1.54, 1.807) is 25.2 Å². The highest BCUT2D eigenvalue weighted by atomic mass is 19.1. The van der Waals surface area contributed by atoms with Crippen LogP contribution in [0.15, 0.2) is 59.1 Å². The van der Waals surface area contributed by atoms with Crippen LogP contribution in [0.25, 0.3) is 0 Å². The van der Waals surface area contributed by atoms with Crippen molar-refractivity contribution in [3.05, 3.63) is 65.5 Å². The minimum atomic E-state index is -0.448. The Labute approximate surface area is 179 Å². The van der Waals surface area contributed by atoms with Gasteiger partial charge in [0.1, 0.15) is 23.1 Å². The van der Waals surface area contributed by atoms with Crippen LogP contribution in [0.1, 0.15) is 18.4 Å². The zero-order chi connectivity index (χ0) is 22.2. The molecule has 0 bridgehead atoms. The molecule has 4 N–H and O–H groups in total. The molecule has 164 valence electrons. The molecule has 1 amide bonds. The smallest absolute Gasteiger partial charge is 0.250 e. The van der Waals surface area contributed by atoms with Gasteiger partial charge >= 0.3 is 0 Å². The first-order valence-electron chi connectivity index (χ1n) is 9.95. The zero-order valence-corrected chi connectivity index (χ0v) is 17.1. The molecule has 0 aliphatic carbocycles. The van der Waals surface area contributed by atoms with Crippen molar-refractivity contribution in [1.82, 2.24) is 15.6 Å². The number of aliphatic imine (C=N–C) groups is 1. The third kappa shape index (κ3) is 5.79. The number of hydrogen-bond acceptors (Lipinski definition) is 7. The number of aromatic hydroxyl groups is 1. The van der Waals surface area contributed by atoms with Crippen molar-refractivity contribution in [1.29, 1.82) is 0 Å². The number of phenols is 1. The molecule has 31 heavy (non-hydrogen) atoms. The number of carbonyl (C=O) groups is 1. The molecule has 0 fully saturated rings. The van der Waals surface area contributed by atoms with Gasteiger partial charge in [-0.15, -0.1) is 0 Å². The number of ether oxygens (including phenoxy) is 1. The first-order valence-corrected chi connectivity index (χ1v) is 9.95. The summed E-state index contributed by atoms with van der Waals surface area (Å²) in [5.41, 5.74) is 0.850. The molecule has 1 unspecified atom stereocenters. The van der Waals surface area contributed by atoms with E-state index in [1.165, 1.54) is 18.3 Å². The fourth-order valence-corrected chi connectivity index (χ4v) is 3.26. The summed E-state index contributed by atoms with van der Waals surface area (Å²) in [6.07, 6.45) is 3.60. The van der Waals surface area contributed by atoms with Crippen molar-refractivity contribution in [2.24, 2.45) is 10.9 Å². The summed E-state index contributed by atoms with van der Waals surface area (Å²) in [6, 6.07) is 7.87. The van der Waals surface area contributed by atoms with Gasteiger partial charge in [0.05, 0.1) is 11.8 Å². The average Bonchev–Trinajstić information content (AvgIpc) is 2.76. The number of halogens is 1. The molecule has 0 spiro atoms. The van der Waals surface area contributed by atoms with Crippen molar-refractivity contribution in [2.45, 2.75) is 19.3 Å². The Morgan fingerprint density at radius 3 is 2.90 bits per heavy atom. The van der Waals surface area contributed by atoms with Gasteiger partial charge in [0.2, 0.25) is 0 Å². The number of aliphatic hydroxyl groups is 1. The maximum absolute atomic E-state index is 14.3. The molecule has 1 aromatic carbocycles. The lowest BCUT2D eigenvalue weighted by Crippen LogP contribution is -2.35. The minimum absolute atomic E-state index is 0.0256. The number of aromatic nitrogens is 1. The topological polar surface area (TPSA) is 116 Å². The molecule has 0 saturated heterocycles. The third-order valence-electron chi connectivity index (χ3n) is 4.80. The van der Waals surface area contributed by atoms with Gasteiger partial charge in [-0.3, -0.25) is 9.78 Å². The molecule has 1 aliphatic heterocycles. The van der Waals surface area contributed by atoms with E-state index < -0.39 is 11.7 Å². The van der Waals surface area contributed by atoms with Crippen LogP contribution in [0.4, 0.5) is 4.39 Å². The van der Waals surface area contributed by atoms with Crippen molar-refractivity contribution in [3.8, 4) is 11.5 Å². The van der Waals surface area contributed by atoms with Gasteiger partial charge in [0.15, 0.2) is 5.90 Å². The van der Waals surface area contributed by atoms with E-state index in [0.717, 1.165) is 6.20 Å². The van der Waals surface area contributed by atoms with E-state index in [0.29, 0.717) is 41.6 Å². The molecule has 2 aromatic rings. The summed E-state index contributed by atoms with van der Waals surface area (Å²) in [7, 11) is 1.65. The number of nitrogens with zero attached hydrogens (tertiary/aromatic N) is 2. The van der Waals surface area contributed by atoms with Crippen LogP contribution in [0.2, 0.25) is 0 Å². The monoisotopic (exact) mass is 428 g/mol. The molecule has 1 aromatic heterocycles. The van der Waals surface area contributed by atoms with Crippen LogP contribution in [0, 0.1) is 11.7 Å². The van der Waals surface area contributed by atoms with Gasteiger partial charge in [-0.25, -0.2) is 4.39 Å². The fraction of sp³-hybridized carbons (Fsp3) is 0.318. The summed E-state index contributed by atoms with van der Waals surface area (Å²) in [6.45, 7) is 0.304. The van der Waals surface area contributed by atoms with Gasteiger partial charge in [-0.2, -0.15) is 4.99 Å². The van der Waals surface area contributed by atoms with Crippen LogP contribution < -0.4 is 15.4 Å². The highest BCUT2D eigenvalue weighted by Crippen LogP contribution is 2.29. The molecule has 9 heteroatoms. The second-order valence-electron chi connectivity index (χ2n) is 7.03. The van der Waals surface area contributed by atoms with Crippen LogP contribution in [0.5, 0.6) is 11.5 Å². The van der Waals surface area contributed by atoms with Gasteiger partial charge < -0.3 is 25.6 Å². The number of hydrogen-bond donors (Lipinski definition) is 4. The standard InChI is InChI=1S/C22H25FN4O4/c1-24-20-18(21(30)26-7-3-9-28)11-15(10-14-6-8-25-13-19(14)23)22(27-20)31-17-5-2-4-16(29)12-17/h2,4-6,8,12-13,15,24,28-29H,3,7,9-11H2,1H3,(H,26,30). The summed E-state index contributed by atoms with van der Waals surface area (Å²) in [5, 5.41) is 24.3. The Bertz CT molecular complexity index is 993. The SMILES string of the molecule is CNC1=C(C(=O)NCCCO)CC(Cc2ccncc2F)C(Oc2cccc(O)c2)=N1. The Hall–Kier alpha value is -3.46. The molecule has 8 nitrogen and oxygen atoms in total. The molecule has 1 atom stereocenters. The third-order valence-corrected chi connectivity index (χ3v) is 4.80. The van der Waals surface area contributed by atoms with Crippen LogP contribution in [-0.4, -0.2) is 47.2 Å². The number of amides is 1. The van der Waals surface area contributed by atoms with Gasteiger partial charge in [0.25, 0.3) is 5.91 Å². The van der Waals surface area contributed by atoms with Crippen LogP contribution in [0.3, 0.4) is 0 Å². The number of benzene rings is 1. The second kappa shape index (κ2) is 10.5. The Morgan fingerprint density at radius 2 is 2.19 bits per heavy atom. The Balaban J connectivity index is 1.92. The molecular formula is C22H25FN4O4. The minimum Gasteiger partial charge on any atom is -0.508 e. The van der Waals surface area contributed by atoms with Gasteiger partial charge in [-0.1, -0.05) is 6.07 Å². The first kappa shape index (κ1) is 22.2. The van der Waals surface area contributed by atoms with E-state index in [9.17, 15) is 14.3 Å². The maximum Gasteiger partial charge on any atom is 0.250 e. The fourth-order valence-electron chi connectivity index (χ4n) is 3.26. The molecule has 0 radical (unpaired) electrons. The zero-order valence-electron chi connectivity index (χ0n) is 17.1. The van der Waals surface area contributed by atoms with Gasteiger partial charge in [-0.05, 0) is 43.0 Å². The van der Waals surface area contributed by atoms with E-state index in [4.69, 9.17) is 9.84 Å². The highest BCUT2D eigenvalue weighted by Gasteiger charge is 2.31. The van der Waals surface area contributed by atoms with E-state index in [2.05, 4.69) is 20.6 Å². The number of carbonyl (C=O) groups excluding carboxylic acids is 1. The normalized spacial score (nSPS) is 16.0. The second-order valence-corrected chi connectivity index (χ2v) is 7.03. The number of phenolic OH excluding ortho intramolecular Hbond substituents is 1. The van der Waals surface area contributed by atoms with Gasteiger partial charge in [0, 0.05) is 38.4 Å². The molecule has 2 heterocycles. The Kier molecular flexibility index (Phi) is 7.55. The molecular weight excluding hydrogens is 403 g/mol. The lowest BCUT2D eigenvalue weighted by Gasteiger charge is -2.26. The predicted molar refractivity (Wildman–Crippen MR) is 113 cm³/mol. The van der Waals surface area contributed by atoms with Crippen LogP contribution >= 0.6 is 0 Å². The number of pyridine rings is 1. The van der Waals surface area contributed by atoms with Crippen molar-refractivity contribution < 1.29 is 24.1 Å². The summed E-state index contributed by atoms with van der Waals surface area (Å²) < 4.78 is 20.2. The van der Waals surface area contributed by atoms with E-state index >= 15 is 0 Å². The molecule has 0 saturated carbocycles. The number of rotatable bonds is 8. The summed E-state index contributed by atoms with van der Waals surface area (Å²) in [4.78, 5) is 21.0.